The first-order chi connectivity index (χ1) is 6.45. The van der Waals surface area contributed by atoms with E-state index in [1.165, 1.54) is 38.9 Å². The van der Waals surface area contributed by atoms with Crippen molar-refractivity contribution in [1.29, 1.82) is 0 Å². The Bertz CT molecular complexity index is 151. The predicted molar refractivity (Wildman–Crippen MR) is 51.1 cm³/mol. The highest BCUT2D eigenvalue weighted by Gasteiger charge is 2.39. The minimum absolute atomic E-state index is 0.623. The average Bonchev–Trinajstić information content (AvgIpc) is 2.19. The average molecular weight is 182 g/mol. The summed E-state index contributed by atoms with van der Waals surface area (Å²) in [5, 5.41) is 10.8. The fourth-order valence-electron chi connectivity index (χ4n) is 2.88. The molecule has 0 aromatic rings. The van der Waals surface area contributed by atoms with Crippen molar-refractivity contribution in [3.63, 3.8) is 0 Å². The van der Waals surface area contributed by atoms with Crippen LogP contribution in [0.4, 0.5) is 0 Å². The molecule has 0 amide bonds. The van der Waals surface area contributed by atoms with Gasteiger partial charge >= 0.3 is 0 Å². The van der Waals surface area contributed by atoms with E-state index in [0.717, 1.165) is 0 Å². The molecule has 0 saturated carbocycles. The molecular weight excluding hydrogens is 164 g/mol. The van der Waals surface area contributed by atoms with Crippen molar-refractivity contribution in [2.75, 3.05) is 19.6 Å². The van der Waals surface area contributed by atoms with E-state index < -0.39 is 0 Å². The molecule has 4 nitrogen and oxygen atoms in total. The van der Waals surface area contributed by atoms with Gasteiger partial charge in [0.15, 0.2) is 0 Å². The number of hydrogen-bond acceptors (Lipinski definition) is 4. The molecule has 3 fully saturated rings. The van der Waals surface area contributed by atoms with Crippen LogP contribution in [0.15, 0.2) is 0 Å². The van der Waals surface area contributed by atoms with Crippen molar-refractivity contribution >= 4 is 0 Å². The second kappa shape index (κ2) is 3.20. The maximum absolute atomic E-state index is 3.60. The normalized spacial score (nSPS) is 45.7. The molecule has 3 rings (SSSR count). The Morgan fingerprint density at radius 1 is 0.692 bits per heavy atom. The summed E-state index contributed by atoms with van der Waals surface area (Å²) in [5.41, 5.74) is 0. The molecule has 0 aromatic carbocycles. The minimum atomic E-state index is 0.623. The van der Waals surface area contributed by atoms with Gasteiger partial charge in [0.2, 0.25) is 0 Å². The van der Waals surface area contributed by atoms with E-state index >= 15 is 0 Å². The molecule has 3 N–H and O–H groups in total. The van der Waals surface area contributed by atoms with Crippen LogP contribution in [0.3, 0.4) is 0 Å². The summed E-state index contributed by atoms with van der Waals surface area (Å²) < 4.78 is 0. The summed E-state index contributed by atoms with van der Waals surface area (Å²) in [6.07, 6.45) is 5.60. The van der Waals surface area contributed by atoms with Crippen LogP contribution < -0.4 is 16.0 Å². The molecule has 3 heterocycles. The van der Waals surface area contributed by atoms with Crippen LogP contribution in [0, 0.1) is 0 Å². The lowest BCUT2D eigenvalue weighted by Gasteiger charge is -2.53. The summed E-state index contributed by atoms with van der Waals surface area (Å²) in [6, 6.07) is 0. The van der Waals surface area contributed by atoms with Crippen molar-refractivity contribution in [3.05, 3.63) is 0 Å². The van der Waals surface area contributed by atoms with Gasteiger partial charge in [-0.3, -0.25) is 4.90 Å². The third-order valence-electron chi connectivity index (χ3n) is 3.47. The Morgan fingerprint density at radius 3 is 1.46 bits per heavy atom. The van der Waals surface area contributed by atoms with Gasteiger partial charge in [-0.1, -0.05) is 0 Å². The van der Waals surface area contributed by atoms with Gasteiger partial charge in [0.05, 0.1) is 18.5 Å². The Hall–Kier alpha value is -0.160. The molecule has 3 saturated heterocycles. The van der Waals surface area contributed by atoms with E-state index in [4.69, 9.17) is 0 Å². The highest BCUT2D eigenvalue weighted by atomic mass is 15.5. The van der Waals surface area contributed by atoms with Crippen molar-refractivity contribution < 1.29 is 0 Å². The van der Waals surface area contributed by atoms with E-state index in [-0.39, 0.29) is 0 Å². The second-order valence-corrected chi connectivity index (χ2v) is 4.22. The molecule has 3 atom stereocenters. The van der Waals surface area contributed by atoms with Crippen molar-refractivity contribution in [2.24, 2.45) is 0 Å². The van der Waals surface area contributed by atoms with Gasteiger partial charge in [0, 0.05) is 0 Å². The van der Waals surface area contributed by atoms with Crippen molar-refractivity contribution in [1.82, 2.24) is 20.9 Å². The maximum atomic E-state index is 3.60. The second-order valence-electron chi connectivity index (χ2n) is 4.22. The van der Waals surface area contributed by atoms with E-state index in [9.17, 15) is 0 Å². The van der Waals surface area contributed by atoms with Crippen LogP contribution in [-0.4, -0.2) is 43.0 Å². The first kappa shape index (κ1) is 8.17. The van der Waals surface area contributed by atoms with Crippen LogP contribution in [-0.2, 0) is 0 Å². The largest absolute Gasteiger partial charge is 0.301 e. The van der Waals surface area contributed by atoms with Crippen LogP contribution in [0.25, 0.3) is 0 Å². The Morgan fingerprint density at radius 2 is 1.08 bits per heavy atom. The molecular formula is C9H18N4. The molecule has 3 aliphatic heterocycles. The van der Waals surface area contributed by atoms with E-state index in [2.05, 4.69) is 20.9 Å². The lowest BCUT2D eigenvalue weighted by Crippen LogP contribution is -2.72. The summed E-state index contributed by atoms with van der Waals surface area (Å²) in [5.74, 6) is 0. The van der Waals surface area contributed by atoms with Gasteiger partial charge in [0.1, 0.15) is 0 Å². The fraction of sp³-hybridized carbons (Fsp3) is 1.00. The zero-order valence-corrected chi connectivity index (χ0v) is 7.92. The van der Waals surface area contributed by atoms with E-state index in [1.807, 2.05) is 0 Å². The number of nitrogens with one attached hydrogen (secondary N) is 3. The van der Waals surface area contributed by atoms with Crippen LogP contribution in [0.1, 0.15) is 19.3 Å². The summed E-state index contributed by atoms with van der Waals surface area (Å²) in [6.45, 7) is 3.52. The molecule has 0 radical (unpaired) electrons. The minimum Gasteiger partial charge on any atom is -0.301 e. The number of rotatable bonds is 0. The van der Waals surface area contributed by atoms with Crippen LogP contribution in [0.2, 0.25) is 0 Å². The Labute approximate surface area is 79.1 Å². The topological polar surface area (TPSA) is 39.3 Å². The molecule has 74 valence electrons. The molecule has 4 heteroatoms. The molecule has 0 spiro atoms. The Balaban J connectivity index is 1.82. The first-order valence-electron chi connectivity index (χ1n) is 5.43. The predicted octanol–water partition coefficient (Wildman–Crippen LogP) is -0.753. The van der Waals surface area contributed by atoms with Crippen LogP contribution in [0.5, 0.6) is 0 Å². The quantitative estimate of drug-likeness (QED) is 0.461. The van der Waals surface area contributed by atoms with Gasteiger partial charge in [0.25, 0.3) is 0 Å². The monoisotopic (exact) mass is 182 g/mol. The van der Waals surface area contributed by atoms with Gasteiger partial charge in [-0.15, -0.1) is 0 Å². The van der Waals surface area contributed by atoms with E-state index in [1.54, 1.807) is 0 Å². The zero-order valence-electron chi connectivity index (χ0n) is 7.92. The fourth-order valence-corrected chi connectivity index (χ4v) is 2.88. The molecule has 0 unspecified atom stereocenters. The lowest BCUT2D eigenvalue weighted by molar-refractivity contribution is -0.0520. The maximum Gasteiger partial charge on any atom is 0.0637 e. The third-order valence-corrected chi connectivity index (χ3v) is 3.47. The number of nitrogens with zero attached hydrogens (tertiary/aromatic N) is 1. The Kier molecular flexibility index (Phi) is 2.01. The molecule has 13 heavy (non-hydrogen) atoms. The standard InChI is InChI=1S/C9H18N4/c1-4-10-8-3-6-12-9-2-5-11-7(1)13(8)9/h7-12H,1-6H2/t7-,8-,9+/m1/s1. The summed E-state index contributed by atoms with van der Waals surface area (Å²) in [4.78, 5) is 2.59. The summed E-state index contributed by atoms with van der Waals surface area (Å²) >= 11 is 0. The van der Waals surface area contributed by atoms with Crippen molar-refractivity contribution in [3.8, 4) is 0 Å². The highest BCUT2D eigenvalue weighted by molar-refractivity contribution is 4.93. The van der Waals surface area contributed by atoms with Gasteiger partial charge in [-0.05, 0) is 38.9 Å². The smallest absolute Gasteiger partial charge is 0.0637 e. The molecule has 0 aromatic heterocycles. The lowest BCUT2D eigenvalue weighted by atomic mass is 10.0. The highest BCUT2D eigenvalue weighted by Crippen LogP contribution is 2.23. The number of hydrogen-bond donors (Lipinski definition) is 3. The molecule has 3 aliphatic rings. The third kappa shape index (κ3) is 1.29. The van der Waals surface area contributed by atoms with Gasteiger partial charge in [-0.25, -0.2) is 0 Å². The SMILES string of the molecule is C1C[C@H]2NCC[C@@H]3NCC[C@H](N1)N32. The van der Waals surface area contributed by atoms with Crippen molar-refractivity contribution in [2.45, 2.75) is 37.8 Å². The first-order valence-corrected chi connectivity index (χ1v) is 5.43. The van der Waals surface area contributed by atoms with E-state index in [0.29, 0.717) is 18.5 Å². The molecule has 0 aliphatic carbocycles. The zero-order chi connectivity index (χ0) is 8.67. The van der Waals surface area contributed by atoms with Gasteiger partial charge < -0.3 is 16.0 Å². The summed E-state index contributed by atoms with van der Waals surface area (Å²) in [7, 11) is 0. The molecule has 0 bridgehead atoms. The van der Waals surface area contributed by atoms with Crippen LogP contribution >= 0.6 is 0 Å². The van der Waals surface area contributed by atoms with Gasteiger partial charge in [-0.2, -0.15) is 0 Å².